The second-order valence-electron chi connectivity index (χ2n) is 4.45. The van der Waals surface area contributed by atoms with Crippen LogP contribution in [0.1, 0.15) is 45.0 Å². The van der Waals surface area contributed by atoms with E-state index in [9.17, 15) is 4.79 Å². The van der Waals surface area contributed by atoms with Crippen molar-refractivity contribution in [3.8, 4) is 0 Å². The maximum absolute atomic E-state index is 12.0. The van der Waals surface area contributed by atoms with Crippen LogP contribution in [0.2, 0.25) is 0 Å². The first-order valence-electron chi connectivity index (χ1n) is 6.97. The molecule has 108 valence electrons. The van der Waals surface area contributed by atoms with Gasteiger partial charge < -0.3 is 4.74 Å². The van der Waals surface area contributed by atoms with Crippen molar-refractivity contribution < 1.29 is 9.53 Å². The van der Waals surface area contributed by atoms with Gasteiger partial charge in [-0.3, -0.25) is 9.48 Å². The zero-order valence-corrected chi connectivity index (χ0v) is 13.6. The Kier molecular flexibility index (Phi) is 7.31. The van der Waals surface area contributed by atoms with Crippen molar-refractivity contribution in [2.45, 2.75) is 53.0 Å². The highest BCUT2D eigenvalue weighted by atomic mass is 79.9. The smallest absolute Gasteiger partial charge is 0.141 e. The second kappa shape index (κ2) is 8.48. The van der Waals surface area contributed by atoms with Crippen molar-refractivity contribution in [1.82, 2.24) is 9.78 Å². The Morgan fingerprint density at radius 2 is 2.05 bits per heavy atom. The van der Waals surface area contributed by atoms with Crippen LogP contribution in [-0.2, 0) is 28.9 Å². The summed E-state index contributed by atoms with van der Waals surface area (Å²) < 4.78 is 8.25. The van der Waals surface area contributed by atoms with Crippen LogP contribution in [0.15, 0.2) is 4.47 Å². The third-order valence-corrected chi connectivity index (χ3v) is 3.85. The van der Waals surface area contributed by atoms with Gasteiger partial charge in [0.25, 0.3) is 0 Å². The fraction of sp³-hybridized carbons (Fsp3) is 0.714. The number of hydrogen-bond acceptors (Lipinski definition) is 3. The van der Waals surface area contributed by atoms with Crippen LogP contribution in [0.4, 0.5) is 0 Å². The lowest BCUT2D eigenvalue weighted by Gasteiger charge is -2.05. The van der Waals surface area contributed by atoms with E-state index in [1.54, 1.807) is 0 Å². The third-order valence-electron chi connectivity index (χ3n) is 2.93. The first-order chi connectivity index (χ1) is 9.13. The minimum Gasteiger partial charge on any atom is -0.381 e. The molecular formula is C14H23BrN2O2. The van der Waals surface area contributed by atoms with E-state index >= 15 is 0 Å². The molecule has 0 amide bonds. The summed E-state index contributed by atoms with van der Waals surface area (Å²) in [6, 6.07) is 0. The molecule has 0 aromatic carbocycles. The van der Waals surface area contributed by atoms with E-state index in [4.69, 9.17) is 4.74 Å². The molecule has 0 bridgehead atoms. The van der Waals surface area contributed by atoms with E-state index in [-0.39, 0.29) is 5.78 Å². The number of Topliss-reactive ketones (excluding diaryl/α,β-unsaturated/α-hetero) is 1. The second-order valence-corrected chi connectivity index (χ2v) is 5.25. The zero-order chi connectivity index (χ0) is 14.3. The van der Waals surface area contributed by atoms with Gasteiger partial charge in [0.05, 0.1) is 22.5 Å². The van der Waals surface area contributed by atoms with Crippen LogP contribution >= 0.6 is 15.9 Å². The summed E-state index contributed by atoms with van der Waals surface area (Å²) in [5.74, 6) is 0.203. The lowest BCUT2D eigenvalue weighted by atomic mass is 10.1. The van der Waals surface area contributed by atoms with Crippen LogP contribution in [0.5, 0.6) is 0 Å². The normalized spacial score (nSPS) is 10.9. The fourth-order valence-electron chi connectivity index (χ4n) is 1.89. The molecule has 0 saturated heterocycles. The van der Waals surface area contributed by atoms with Crippen molar-refractivity contribution in [2.24, 2.45) is 0 Å². The van der Waals surface area contributed by atoms with Crippen LogP contribution in [0.3, 0.4) is 0 Å². The zero-order valence-electron chi connectivity index (χ0n) is 12.0. The molecule has 19 heavy (non-hydrogen) atoms. The van der Waals surface area contributed by atoms with Gasteiger partial charge in [-0.05, 0) is 35.7 Å². The first-order valence-corrected chi connectivity index (χ1v) is 7.76. The molecule has 4 nitrogen and oxygen atoms in total. The van der Waals surface area contributed by atoms with Crippen molar-refractivity contribution in [2.75, 3.05) is 13.2 Å². The van der Waals surface area contributed by atoms with Crippen molar-refractivity contribution >= 4 is 21.7 Å². The van der Waals surface area contributed by atoms with Gasteiger partial charge in [0, 0.05) is 26.0 Å². The van der Waals surface area contributed by atoms with Gasteiger partial charge in [-0.1, -0.05) is 13.8 Å². The quantitative estimate of drug-likeness (QED) is 0.653. The highest BCUT2D eigenvalue weighted by molar-refractivity contribution is 9.10. The average Bonchev–Trinajstić information content (AvgIpc) is 2.71. The average molecular weight is 331 g/mol. The topological polar surface area (TPSA) is 44.1 Å². The Morgan fingerprint density at radius 1 is 1.32 bits per heavy atom. The number of nitrogens with zero attached hydrogens (tertiary/aromatic N) is 2. The van der Waals surface area contributed by atoms with E-state index in [1.807, 2.05) is 11.6 Å². The molecule has 0 saturated carbocycles. The van der Waals surface area contributed by atoms with E-state index in [0.717, 1.165) is 41.9 Å². The number of ketones is 1. The van der Waals surface area contributed by atoms with Crippen LogP contribution in [0.25, 0.3) is 0 Å². The SMILES string of the molecule is CCCOCCC(=O)Cc1c(Br)c(CC)nn1CC. The molecule has 0 fully saturated rings. The van der Waals surface area contributed by atoms with E-state index in [0.29, 0.717) is 19.4 Å². The molecular weight excluding hydrogens is 308 g/mol. The Morgan fingerprint density at radius 3 is 2.63 bits per heavy atom. The highest BCUT2D eigenvalue weighted by Crippen LogP contribution is 2.23. The van der Waals surface area contributed by atoms with Gasteiger partial charge in [0.15, 0.2) is 0 Å². The van der Waals surface area contributed by atoms with Crippen LogP contribution in [0, 0.1) is 0 Å². The summed E-state index contributed by atoms with van der Waals surface area (Å²) in [6.07, 6.45) is 2.76. The molecule has 1 aromatic heterocycles. The molecule has 0 aliphatic carbocycles. The maximum atomic E-state index is 12.0. The van der Waals surface area contributed by atoms with E-state index < -0.39 is 0 Å². The fourth-order valence-corrected chi connectivity index (χ4v) is 2.60. The van der Waals surface area contributed by atoms with Gasteiger partial charge in [0.1, 0.15) is 5.78 Å². The molecule has 0 unspecified atom stereocenters. The number of aryl methyl sites for hydroxylation is 2. The lowest BCUT2D eigenvalue weighted by molar-refractivity contribution is -0.119. The Hall–Kier alpha value is -0.680. The molecule has 0 radical (unpaired) electrons. The predicted octanol–water partition coefficient (Wildman–Crippen LogP) is 3.16. The number of rotatable bonds is 9. The van der Waals surface area contributed by atoms with Crippen LogP contribution in [-0.4, -0.2) is 28.8 Å². The number of hydrogen-bond donors (Lipinski definition) is 0. The largest absolute Gasteiger partial charge is 0.381 e. The maximum Gasteiger partial charge on any atom is 0.141 e. The Labute approximate surface area is 123 Å². The number of aromatic nitrogens is 2. The van der Waals surface area contributed by atoms with Crippen molar-refractivity contribution in [3.05, 3.63) is 15.9 Å². The number of carbonyl (C=O) groups is 1. The molecule has 1 heterocycles. The van der Waals surface area contributed by atoms with Gasteiger partial charge >= 0.3 is 0 Å². The molecule has 1 aromatic rings. The number of halogens is 1. The van der Waals surface area contributed by atoms with E-state index in [2.05, 4.69) is 34.9 Å². The summed E-state index contributed by atoms with van der Waals surface area (Å²) in [6.45, 7) is 8.20. The first kappa shape index (κ1) is 16.4. The molecule has 0 aliphatic heterocycles. The summed E-state index contributed by atoms with van der Waals surface area (Å²) >= 11 is 3.56. The number of carbonyl (C=O) groups excluding carboxylic acids is 1. The van der Waals surface area contributed by atoms with Gasteiger partial charge in [0.2, 0.25) is 0 Å². The van der Waals surface area contributed by atoms with Crippen molar-refractivity contribution in [1.29, 1.82) is 0 Å². The molecule has 0 aliphatic rings. The highest BCUT2D eigenvalue weighted by Gasteiger charge is 2.16. The predicted molar refractivity (Wildman–Crippen MR) is 79.4 cm³/mol. The van der Waals surface area contributed by atoms with Gasteiger partial charge in [-0.25, -0.2) is 0 Å². The summed E-state index contributed by atoms with van der Waals surface area (Å²) in [4.78, 5) is 12.0. The van der Waals surface area contributed by atoms with E-state index in [1.165, 1.54) is 0 Å². The van der Waals surface area contributed by atoms with Gasteiger partial charge in [-0.2, -0.15) is 5.10 Å². The third kappa shape index (κ3) is 4.73. The number of ether oxygens (including phenoxy) is 1. The molecule has 0 spiro atoms. The standard InChI is InChI=1S/C14H23BrN2O2/c1-4-8-19-9-7-11(18)10-13-14(15)12(5-2)16-17(13)6-3/h4-10H2,1-3H3. The molecule has 1 rings (SSSR count). The van der Waals surface area contributed by atoms with Gasteiger partial charge in [-0.15, -0.1) is 0 Å². The molecule has 5 heteroatoms. The molecule has 0 N–H and O–H groups in total. The van der Waals surface area contributed by atoms with Crippen molar-refractivity contribution in [3.63, 3.8) is 0 Å². The lowest BCUT2D eigenvalue weighted by Crippen LogP contribution is -2.12. The summed E-state index contributed by atoms with van der Waals surface area (Å²) in [7, 11) is 0. The monoisotopic (exact) mass is 330 g/mol. The minimum atomic E-state index is 0.203. The Balaban J connectivity index is 2.60. The molecule has 0 atom stereocenters. The summed E-state index contributed by atoms with van der Waals surface area (Å²) in [5, 5.41) is 4.50. The van der Waals surface area contributed by atoms with Crippen LogP contribution < -0.4 is 0 Å². The minimum absolute atomic E-state index is 0.203. The summed E-state index contributed by atoms with van der Waals surface area (Å²) in [5.41, 5.74) is 2.01. The Bertz CT molecular complexity index is 416.